The Hall–Kier alpha value is -1.59. The Labute approximate surface area is 121 Å². The lowest BCUT2D eigenvalue weighted by molar-refractivity contribution is -0.120. The molecule has 0 aromatic heterocycles. The van der Waals surface area contributed by atoms with Crippen molar-refractivity contribution in [3.8, 4) is 5.75 Å². The van der Waals surface area contributed by atoms with Gasteiger partial charge in [0.1, 0.15) is 12.4 Å². The minimum atomic E-state index is 0.0632. The number of rotatable bonds is 9. The number of likely N-dealkylation sites (N-methyl/N-ethyl adjacent to an activating group) is 1. The second-order valence-electron chi connectivity index (χ2n) is 4.76. The third-order valence-electron chi connectivity index (χ3n) is 3.10. The van der Waals surface area contributed by atoms with Crippen molar-refractivity contribution in [1.82, 2.24) is 10.2 Å². The van der Waals surface area contributed by atoms with Gasteiger partial charge in [-0.25, -0.2) is 0 Å². The van der Waals surface area contributed by atoms with Crippen LogP contribution in [0.3, 0.4) is 0 Å². The average molecular weight is 279 g/mol. The molecule has 0 saturated heterocycles. The highest BCUT2D eigenvalue weighted by molar-refractivity contribution is 5.75. The summed E-state index contributed by atoms with van der Waals surface area (Å²) in [4.78, 5) is 13.2. The molecule has 0 radical (unpaired) electrons. The molecular weight excluding hydrogens is 254 g/mol. The molecule has 0 heterocycles. The molecule has 112 valence electrons. The lowest BCUT2D eigenvalue weighted by Crippen LogP contribution is -2.29. The topological polar surface area (TPSA) is 67.6 Å². The molecule has 1 aromatic carbocycles. The molecule has 0 atom stereocenters. The zero-order chi connectivity index (χ0) is 14.8. The maximum atomic E-state index is 11.1. The fourth-order valence-corrected chi connectivity index (χ4v) is 1.77. The Bertz CT molecular complexity index is 393. The first-order chi connectivity index (χ1) is 9.65. The SMILES string of the molecule is CNC(=O)CCN(C)CCOc1ccc(CCN)cc1. The normalized spacial score (nSPS) is 10.6. The summed E-state index contributed by atoms with van der Waals surface area (Å²) < 4.78 is 5.67. The Kier molecular flexibility index (Phi) is 7.69. The van der Waals surface area contributed by atoms with Gasteiger partial charge in [-0.1, -0.05) is 12.1 Å². The van der Waals surface area contributed by atoms with E-state index in [0.29, 0.717) is 19.6 Å². The third kappa shape index (κ3) is 6.54. The first-order valence-electron chi connectivity index (χ1n) is 6.96. The maximum absolute atomic E-state index is 11.1. The van der Waals surface area contributed by atoms with E-state index < -0.39 is 0 Å². The second-order valence-corrected chi connectivity index (χ2v) is 4.76. The zero-order valence-electron chi connectivity index (χ0n) is 12.4. The summed E-state index contributed by atoms with van der Waals surface area (Å²) in [6.07, 6.45) is 1.41. The number of nitrogens with zero attached hydrogens (tertiary/aromatic N) is 1. The molecule has 3 N–H and O–H groups in total. The zero-order valence-corrected chi connectivity index (χ0v) is 12.4. The molecule has 0 saturated carbocycles. The van der Waals surface area contributed by atoms with E-state index >= 15 is 0 Å². The first-order valence-corrected chi connectivity index (χ1v) is 6.96. The van der Waals surface area contributed by atoms with E-state index in [-0.39, 0.29) is 5.91 Å². The fraction of sp³-hybridized carbons (Fsp3) is 0.533. The van der Waals surface area contributed by atoms with E-state index in [1.807, 2.05) is 31.3 Å². The van der Waals surface area contributed by atoms with Crippen LogP contribution in [0.15, 0.2) is 24.3 Å². The van der Waals surface area contributed by atoms with Gasteiger partial charge in [-0.15, -0.1) is 0 Å². The lowest BCUT2D eigenvalue weighted by Gasteiger charge is -2.16. The largest absolute Gasteiger partial charge is 0.492 e. The number of ether oxygens (including phenoxy) is 1. The van der Waals surface area contributed by atoms with Crippen LogP contribution in [0, 0.1) is 0 Å². The summed E-state index contributed by atoms with van der Waals surface area (Å²) >= 11 is 0. The molecular formula is C15H25N3O2. The van der Waals surface area contributed by atoms with Gasteiger partial charge in [0.2, 0.25) is 5.91 Å². The average Bonchev–Trinajstić information content (AvgIpc) is 2.47. The van der Waals surface area contributed by atoms with Crippen LogP contribution in [0.25, 0.3) is 0 Å². The smallest absolute Gasteiger partial charge is 0.221 e. The molecule has 0 spiro atoms. The van der Waals surface area contributed by atoms with Crippen molar-refractivity contribution in [2.45, 2.75) is 12.8 Å². The highest BCUT2D eigenvalue weighted by Crippen LogP contribution is 2.12. The van der Waals surface area contributed by atoms with Crippen LogP contribution in [-0.2, 0) is 11.2 Å². The monoisotopic (exact) mass is 279 g/mol. The predicted molar refractivity (Wildman–Crippen MR) is 80.9 cm³/mol. The van der Waals surface area contributed by atoms with E-state index in [0.717, 1.165) is 25.3 Å². The Balaban J connectivity index is 2.21. The predicted octanol–water partition coefficient (Wildman–Crippen LogP) is 0.635. The number of nitrogens with one attached hydrogen (secondary N) is 1. The molecule has 1 amide bonds. The Morgan fingerprint density at radius 2 is 2.00 bits per heavy atom. The van der Waals surface area contributed by atoms with Crippen LogP contribution in [0.4, 0.5) is 0 Å². The minimum absolute atomic E-state index is 0.0632. The van der Waals surface area contributed by atoms with Gasteiger partial charge in [0.05, 0.1) is 0 Å². The van der Waals surface area contributed by atoms with Gasteiger partial charge in [0.15, 0.2) is 0 Å². The number of carbonyl (C=O) groups excluding carboxylic acids is 1. The summed E-state index contributed by atoms with van der Waals surface area (Å²) in [5.41, 5.74) is 6.73. The molecule has 5 heteroatoms. The van der Waals surface area contributed by atoms with Crippen LogP contribution in [-0.4, -0.2) is 51.1 Å². The summed E-state index contributed by atoms with van der Waals surface area (Å²) in [6.45, 7) is 2.80. The number of hydrogen-bond acceptors (Lipinski definition) is 4. The highest BCUT2D eigenvalue weighted by atomic mass is 16.5. The molecule has 1 aromatic rings. The van der Waals surface area contributed by atoms with Crippen molar-refractivity contribution in [1.29, 1.82) is 0 Å². The van der Waals surface area contributed by atoms with Crippen LogP contribution in [0.2, 0.25) is 0 Å². The van der Waals surface area contributed by atoms with Crippen molar-refractivity contribution in [2.75, 3.05) is 40.3 Å². The molecule has 0 fully saturated rings. The van der Waals surface area contributed by atoms with Crippen molar-refractivity contribution in [2.24, 2.45) is 5.73 Å². The molecule has 0 unspecified atom stereocenters. The number of nitrogens with two attached hydrogens (primary N) is 1. The van der Waals surface area contributed by atoms with Crippen LogP contribution >= 0.6 is 0 Å². The standard InChI is InChI=1S/C15H25N3O2/c1-17-15(19)8-10-18(2)11-12-20-14-5-3-13(4-6-14)7-9-16/h3-6H,7-12,16H2,1-2H3,(H,17,19). The van der Waals surface area contributed by atoms with Crippen molar-refractivity contribution >= 4 is 5.91 Å². The number of benzene rings is 1. The van der Waals surface area contributed by atoms with Crippen LogP contribution in [0.5, 0.6) is 5.75 Å². The van der Waals surface area contributed by atoms with E-state index in [4.69, 9.17) is 10.5 Å². The molecule has 0 aliphatic heterocycles. The van der Waals surface area contributed by atoms with Gasteiger partial charge in [0, 0.05) is 26.6 Å². The van der Waals surface area contributed by atoms with E-state index in [1.165, 1.54) is 5.56 Å². The van der Waals surface area contributed by atoms with Gasteiger partial charge >= 0.3 is 0 Å². The van der Waals surface area contributed by atoms with E-state index in [9.17, 15) is 4.79 Å². The van der Waals surface area contributed by atoms with Gasteiger partial charge in [-0.05, 0) is 37.7 Å². The van der Waals surface area contributed by atoms with Crippen molar-refractivity contribution in [3.63, 3.8) is 0 Å². The van der Waals surface area contributed by atoms with Crippen molar-refractivity contribution in [3.05, 3.63) is 29.8 Å². The van der Waals surface area contributed by atoms with Gasteiger partial charge in [-0.2, -0.15) is 0 Å². The summed E-state index contributed by atoms with van der Waals surface area (Å²) in [5, 5.41) is 2.61. The minimum Gasteiger partial charge on any atom is -0.492 e. The summed E-state index contributed by atoms with van der Waals surface area (Å²) in [6, 6.07) is 8.01. The third-order valence-corrected chi connectivity index (χ3v) is 3.10. The molecule has 0 aliphatic carbocycles. The van der Waals surface area contributed by atoms with Crippen LogP contribution < -0.4 is 15.8 Å². The quantitative estimate of drug-likeness (QED) is 0.696. The Morgan fingerprint density at radius 1 is 1.30 bits per heavy atom. The molecule has 0 bridgehead atoms. The van der Waals surface area contributed by atoms with E-state index in [2.05, 4.69) is 10.2 Å². The number of carbonyl (C=O) groups is 1. The first kappa shape index (κ1) is 16.5. The molecule has 20 heavy (non-hydrogen) atoms. The van der Waals surface area contributed by atoms with Gasteiger partial charge in [0.25, 0.3) is 0 Å². The maximum Gasteiger partial charge on any atom is 0.221 e. The molecule has 1 rings (SSSR count). The Morgan fingerprint density at radius 3 is 2.60 bits per heavy atom. The highest BCUT2D eigenvalue weighted by Gasteiger charge is 2.03. The van der Waals surface area contributed by atoms with Gasteiger partial charge < -0.3 is 20.7 Å². The second kappa shape index (κ2) is 9.34. The number of amides is 1. The molecule has 0 aliphatic rings. The molecule has 5 nitrogen and oxygen atoms in total. The number of hydrogen-bond donors (Lipinski definition) is 2. The van der Waals surface area contributed by atoms with Gasteiger partial charge in [-0.3, -0.25) is 4.79 Å². The van der Waals surface area contributed by atoms with Crippen molar-refractivity contribution < 1.29 is 9.53 Å². The summed E-state index contributed by atoms with van der Waals surface area (Å²) in [5.74, 6) is 0.929. The van der Waals surface area contributed by atoms with E-state index in [1.54, 1.807) is 7.05 Å². The lowest BCUT2D eigenvalue weighted by atomic mass is 10.1. The fourth-order valence-electron chi connectivity index (χ4n) is 1.77. The summed E-state index contributed by atoms with van der Waals surface area (Å²) in [7, 11) is 3.64. The van der Waals surface area contributed by atoms with Crippen LogP contribution in [0.1, 0.15) is 12.0 Å².